The number of anilines is 2. The molecule has 0 saturated carbocycles. The molecular weight excluding hydrogens is 555 g/mol. The minimum Gasteiger partial charge on any atom is -0.352 e. The van der Waals surface area contributed by atoms with Gasteiger partial charge in [0.1, 0.15) is 11.5 Å². The maximum atomic E-state index is 14.9. The fraction of sp³-hybridized carbons (Fsp3) is 0.147. The summed E-state index contributed by atoms with van der Waals surface area (Å²) in [7, 11) is 0. The topological polar surface area (TPSA) is 66.5 Å². The molecule has 1 spiro atoms. The van der Waals surface area contributed by atoms with Gasteiger partial charge in [-0.15, -0.1) is 0 Å². The van der Waals surface area contributed by atoms with Crippen LogP contribution >= 0.6 is 23.2 Å². The van der Waals surface area contributed by atoms with E-state index in [1.165, 1.54) is 6.07 Å². The number of ketones is 2. The molecule has 4 aromatic carbocycles. The van der Waals surface area contributed by atoms with E-state index in [1.54, 1.807) is 36.4 Å². The summed E-state index contributed by atoms with van der Waals surface area (Å²) in [4.78, 5) is 45.9. The zero-order valence-electron chi connectivity index (χ0n) is 22.0. The van der Waals surface area contributed by atoms with Crippen LogP contribution < -0.4 is 10.2 Å². The van der Waals surface area contributed by atoms with Gasteiger partial charge in [-0.1, -0.05) is 96.0 Å². The van der Waals surface area contributed by atoms with Crippen LogP contribution in [0.1, 0.15) is 38.8 Å². The summed E-state index contributed by atoms with van der Waals surface area (Å²) >= 11 is 12.8. The van der Waals surface area contributed by atoms with E-state index in [1.807, 2.05) is 72.5 Å². The van der Waals surface area contributed by atoms with Gasteiger partial charge in [-0.05, 0) is 48.4 Å². The molecule has 4 aromatic rings. The van der Waals surface area contributed by atoms with Crippen molar-refractivity contribution in [3.63, 3.8) is 0 Å². The van der Waals surface area contributed by atoms with Gasteiger partial charge in [-0.3, -0.25) is 14.4 Å². The van der Waals surface area contributed by atoms with E-state index in [0.29, 0.717) is 21.8 Å². The summed E-state index contributed by atoms with van der Waals surface area (Å²) in [5, 5.41) is 3.61. The lowest BCUT2D eigenvalue weighted by molar-refractivity contribution is -0.121. The molecule has 3 heterocycles. The first-order chi connectivity index (χ1) is 19.8. The third-order valence-electron chi connectivity index (χ3n) is 8.69. The number of amides is 1. The number of hydrogen-bond acceptors (Lipinski definition) is 4. The number of halogens is 2. The van der Waals surface area contributed by atoms with Crippen LogP contribution in [0.4, 0.5) is 11.4 Å². The third-order valence-corrected chi connectivity index (χ3v) is 9.24. The van der Waals surface area contributed by atoms with Crippen molar-refractivity contribution >= 4 is 57.6 Å². The second kappa shape index (κ2) is 9.44. The van der Waals surface area contributed by atoms with Gasteiger partial charge in [0.25, 0.3) is 0 Å². The van der Waals surface area contributed by atoms with Crippen LogP contribution in [0.15, 0.2) is 103 Å². The Labute approximate surface area is 247 Å². The van der Waals surface area contributed by atoms with Crippen molar-refractivity contribution in [2.45, 2.75) is 24.4 Å². The highest BCUT2D eigenvalue weighted by Gasteiger charge is 2.70. The molecule has 0 aromatic heterocycles. The van der Waals surface area contributed by atoms with E-state index in [-0.39, 0.29) is 28.1 Å². The average Bonchev–Trinajstić information content (AvgIpc) is 3.45. The van der Waals surface area contributed by atoms with Gasteiger partial charge in [0.05, 0.1) is 17.0 Å². The van der Waals surface area contributed by atoms with Crippen molar-refractivity contribution < 1.29 is 14.4 Å². The molecular formula is C34H24Cl2N2O3. The molecule has 1 N–H and O–H groups in total. The predicted octanol–water partition coefficient (Wildman–Crippen LogP) is 7.24. The van der Waals surface area contributed by atoms with Gasteiger partial charge in [0.15, 0.2) is 11.6 Å². The summed E-state index contributed by atoms with van der Waals surface area (Å²) in [5.41, 5.74) is 3.34. The largest absolute Gasteiger partial charge is 0.352 e. The minimum atomic E-state index is -1.40. The SMILES string of the molecule is CC1=C[C@@H]2N(c3ccccc31)[C@H](C(=O)c1ccccc1)[C@@H](C(=O)c1ccc(Cl)cc1Cl)[C@@]21C(=O)Nc2ccccc21. The third kappa shape index (κ3) is 3.59. The lowest BCUT2D eigenvalue weighted by atomic mass is 9.64. The van der Waals surface area contributed by atoms with Crippen LogP contribution in [0.5, 0.6) is 0 Å². The summed E-state index contributed by atoms with van der Waals surface area (Å²) < 4.78 is 0. The molecule has 3 aliphatic heterocycles. The van der Waals surface area contributed by atoms with Crippen LogP contribution in [-0.2, 0) is 10.2 Å². The Morgan fingerprint density at radius 2 is 1.56 bits per heavy atom. The number of para-hydroxylation sites is 2. The first kappa shape index (κ1) is 25.8. The van der Waals surface area contributed by atoms with Crippen molar-refractivity contribution in [1.29, 1.82) is 0 Å². The second-order valence-electron chi connectivity index (χ2n) is 10.7. The normalized spacial score (nSPS) is 23.9. The van der Waals surface area contributed by atoms with E-state index in [4.69, 9.17) is 23.2 Å². The van der Waals surface area contributed by atoms with Crippen molar-refractivity contribution in [2.75, 3.05) is 10.2 Å². The highest BCUT2D eigenvalue weighted by atomic mass is 35.5. The zero-order valence-corrected chi connectivity index (χ0v) is 23.5. The van der Waals surface area contributed by atoms with Gasteiger partial charge >= 0.3 is 0 Å². The highest BCUT2D eigenvalue weighted by molar-refractivity contribution is 6.37. The lowest BCUT2D eigenvalue weighted by Gasteiger charge is -2.39. The number of Topliss-reactive ketones (excluding diaryl/α,β-unsaturated/α-hetero) is 2. The number of carbonyl (C=O) groups is 3. The number of fused-ring (bicyclic) bond motifs is 6. The molecule has 0 aliphatic carbocycles. The molecule has 0 unspecified atom stereocenters. The molecule has 3 aliphatic rings. The first-order valence-corrected chi connectivity index (χ1v) is 14.1. The van der Waals surface area contributed by atoms with Gasteiger partial charge in [-0.25, -0.2) is 0 Å². The van der Waals surface area contributed by atoms with E-state index >= 15 is 0 Å². The molecule has 1 saturated heterocycles. The van der Waals surface area contributed by atoms with Crippen LogP contribution in [0.3, 0.4) is 0 Å². The Morgan fingerprint density at radius 1 is 0.854 bits per heavy atom. The van der Waals surface area contributed by atoms with E-state index in [0.717, 1.165) is 16.8 Å². The van der Waals surface area contributed by atoms with Crippen molar-refractivity contribution in [2.24, 2.45) is 5.92 Å². The Hall–Kier alpha value is -4.19. The molecule has 41 heavy (non-hydrogen) atoms. The van der Waals surface area contributed by atoms with Gasteiger partial charge < -0.3 is 10.2 Å². The standard InChI is InChI=1S/C34H24Cl2N2O3/c1-19-17-28-34(24-12-6-7-13-26(24)37-33(34)41)29(32(40)23-16-15-21(35)18-25(23)36)30(31(39)20-9-3-2-4-10-20)38(28)27-14-8-5-11-22(19)27/h2-18,28-30H,1H3,(H,37,41)/t28-,29-,30-,34-/m0/s1. The number of hydrogen-bond donors (Lipinski definition) is 1. The Morgan fingerprint density at radius 3 is 2.34 bits per heavy atom. The monoisotopic (exact) mass is 578 g/mol. The molecule has 202 valence electrons. The number of rotatable bonds is 4. The van der Waals surface area contributed by atoms with E-state index < -0.39 is 23.4 Å². The van der Waals surface area contributed by atoms with E-state index in [9.17, 15) is 14.4 Å². The van der Waals surface area contributed by atoms with E-state index in [2.05, 4.69) is 5.32 Å². The quantitative estimate of drug-likeness (QED) is 0.259. The number of nitrogens with one attached hydrogen (secondary N) is 1. The Balaban J connectivity index is 1.57. The summed E-state index contributed by atoms with van der Waals surface area (Å²) in [5.74, 6) is -2.04. The minimum absolute atomic E-state index is 0.173. The molecule has 7 heteroatoms. The molecule has 1 amide bonds. The van der Waals surface area contributed by atoms with Crippen LogP contribution in [0, 0.1) is 5.92 Å². The Bertz CT molecular complexity index is 1800. The molecule has 1 fully saturated rings. The average molecular weight is 579 g/mol. The number of benzene rings is 4. The zero-order chi connectivity index (χ0) is 28.5. The second-order valence-corrected chi connectivity index (χ2v) is 11.6. The number of allylic oxidation sites excluding steroid dienone is 1. The maximum absolute atomic E-state index is 14.9. The van der Waals surface area contributed by atoms with Crippen molar-refractivity contribution in [3.8, 4) is 0 Å². The van der Waals surface area contributed by atoms with Crippen LogP contribution in [0.2, 0.25) is 10.0 Å². The highest BCUT2D eigenvalue weighted by Crippen LogP contribution is 2.59. The fourth-order valence-corrected chi connectivity index (χ4v) is 7.52. The summed E-state index contributed by atoms with van der Waals surface area (Å²) in [6.07, 6.45) is 2.03. The van der Waals surface area contributed by atoms with Gasteiger partial charge in [0.2, 0.25) is 5.91 Å². The molecule has 5 nitrogen and oxygen atoms in total. The van der Waals surface area contributed by atoms with Crippen molar-refractivity contribution in [3.05, 3.63) is 135 Å². The van der Waals surface area contributed by atoms with Crippen LogP contribution in [0.25, 0.3) is 5.57 Å². The molecule has 7 rings (SSSR count). The van der Waals surface area contributed by atoms with Crippen LogP contribution in [-0.4, -0.2) is 29.6 Å². The van der Waals surface area contributed by atoms with Crippen molar-refractivity contribution in [1.82, 2.24) is 0 Å². The maximum Gasteiger partial charge on any atom is 0.238 e. The molecule has 0 bridgehead atoms. The van der Waals surface area contributed by atoms with Gasteiger partial charge in [-0.2, -0.15) is 0 Å². The Kier molecular flexibility index (Phi) is 5.93. The molecule has 0 radical (unpaired) electrons. The fourth-order valence-electron chi connectivity index (χ4n) is 7.02. The first-order valence-electron chi connectivity index (χ1n) is 13.4. The summed E-state index contributed by atoms with van der Waals surface area (Å²) in [6.45, 7) is 2.00. The number of carbonyl (C=O) groups excluding carboxylic acids is 3. The smallest absolute Gasteiger partial charge is 0.238 e. The lowest BCUT2D eigenvalue weighted by Crippen LogP contribution is -2.51. The van der Waals surface area contributed by atoms with Gasteiger partial charge in [0, 0.05) is 33.1 Å². The predicted molar refractivity (Wildman–Crippen MR) is 162 cm³/mol. The summed E-state index contributed by atoms with van der Waals surface area (Å²) in [6, 6.07) is 27.3. The number of nitrogens with zero attached hydrogens (tertiary/aromatic N) is 1. The molecule has 4 atom stereocenters.